The van der Waals surface area contributed by atoms with Gasteiger partial charge in [-0.15, -0.1) is 0 Å². The van der Waals surface area contributed by atoms with E-state index in [-0.39, 0.29) is 29.0 Å². The summed E-state index contributed by atoms with van der Waals surface area (Å²) in [4.78, 5) is 14.6. The first kappa shape index (κ1) is 16.3. The molecule has 7 heteroatoms. The number of amides is 1. The topological polar surface area (TPSA) is 69.9 Å². The van der Waals surface area contributed by atoms with Crippen LogP contribution in [0.15, 0.2) is 18.5 Å². The highest BCUT2D eigenvalue weighted by molar-refractivity contribution is 6.01. The maximum Gasteiger partial charge on any atom is 0.255 e. The van der Waals surface area contributed by atoms with Gasteiger partial charge in [0.15, 0.2) is 5.82 Å². The van der Waals surface area contributed by atoms with Crippen LogP contribution in [-0.4, -0.2) is 46.9 Å². The molecular formula is C18H23FN4O2. The number of anilines is 1. The maximum absolute atomic E-state index is 15.1. The largest absolute Gasteiger partial charge is 0.396 e. The third-order valence-corrected chi connectivity index (χ3v) is 5.67. The molecule has 25 heavy (non-hydrogen) atoms. The fraction of sp³-hybridized carbons (Fsp3) is 0.556. The molecule has 0 unspecified atom stereocenters. The van der Waals surface area contributed by atoms with Crippen molar-refractivity contribution >= 4 is 17.1 Å². The molecule has 2 N–H and O–H groups in total. The number of nitrogens with zero attached hydrogens (tertiary/aromatic N) is 3. The molecule has 1 saturated heterocycles. The fourth-order valence-electron chi connectivity index (χ4n) is 3.83. The molecule has 1 aliphatic heterocycles. The highest BCUT2D eigenvalue weighted by Crippen LogP contribution is 2.39. The van der Waals surface area contributed by atoms with E-state index in [4.69, 9.17) is 0 Å². The van der Waals surface area contributed by atoms with Gasteiger partial charge in [-0.2, -0.15) is 5.10 Å². The summed E-state index contributed by atoms with van der Waals surface area (Å²) < 4.78 is 16.5. The number of hydrogen-bond donors (Lipinski definition) is 2. The Labute approximate surface area is 145 Å². The number of hydrogen-bond acceptors (Lipinski definition) is 4. The van der Waals surface area contributed by atoms with Gasteiger partial charge in [0, 0.05) is 31.2 Å². The zero-order valence-electron chi connectivity index (χ0n) is 14.2. The maximum atomic E-state index is 15.1. The Bertz CT molecular complexity index is 788. The van der Waals surface area contributed by atoms with Gasteiger partial charge >= 0.3 is 0 Å². The number of pyridine rings is 1. The van der Waals surface area contributed by atoms with Crippen molar-refractivity contribution in [1.82, 2.24) is 14.9 Å². The molecular weight excluding hydrogens is 323 g/mol. The lowest BCUT2D eigenvalue weighted by Gasteiger charge is -2.40. The minimum Gasteiger partial charge on any atom is -0.396 e. The van der Waals surface area contributed by atoms with Gasteiger partial charge in [-0.3, -0.25) is 4.79 Å². The predicted octanol–water partition coefficient (Wildman–Crippen LogP) is 1.97. The number of carbonyl (C=O) groups excluding carboxylic acids is 1. The summed E-state index contributed by atoms with van der Waals surface area (Å²) in [6, 6.07) is 1.72. The Morgan fingerprint density at radius 2 is 2.08 bits per heavy atom. The SMILES string of the molecule is O=C(NCC1(CO)CCC1)c1cnn2ccc(N3CCCC3)c(F)c12. The van der Waals surface area contributed by atoms with Gasteiger partial charge in [0.2, 0.25) is 0 Å². The molecule has 2 aromatic heterocycles. The van der Waals surface area contributed by atoms with Gasteiger partial charge in [0.25, 0.3) is 5.91 Å². The summed E-state index contributed by atoms with van der Waals surface area (Å²) in [5.74, 6) is -0.736. The predicted molar refractivity (Wildman–Crippen MR) is 92.3 cm³/mol. The smallest absolute Gasteiger partial charge is 0.255 e. The summed E-state index contributed by atoms with van der Waals surface area (Å²) >= 11 is 0. The van der Waals surface area contributed by atoms with E-state index in [0.29, 0.717) is 12.2 Å². The van der Waals surface area contributed by atoms with E-state index in [1.165, 1.54) is 10.7 Å². The number of fused-ring (bicyclic) bond motifs is 1. The number of carbonyl (C=O) groups is 1. The van der Waals surface area contributed by atoms with Crippen LogP contribution in [0.1, 0.15) is 42.5 Å². The first-order chi connectivity index (χ1) is 12.1. The fourth-order valence-corrected chi connectivity index (χ4v) is 3.83. The number of nitrogens with one attached hydrogen (secondary N) is 1. The lowest BCUT2D eigenvalue weighted by molar-refractivity contribution is 0.0429. The highest BCUT2D eigenvalue weighted by Gasteiger charge is 2.36. The molecule has 2 fully saturated rings. The second-order valence-corrected chi connectivity index (χ2v) is 7.25. The molecule has 1 saturated carbocycles. The third kappa shape index (κ3) is 2.76. The van der Waals surface area contributed by atoms with E-state index in [2.05, 4.69) is 10.4 Å². The van der Waals surface area contributed by atoms with Crippen molar-refractivity contribution in [2.45, 2.75) is 32.1 Å². The quantitative estimate of drug-likeness (QED) is 0.868. The number of aromatic nitrogens is 2. The standard InChI is InChI=1S/C18H23FN4O2/c19-15-14(22-7-1-2-8-22)4-9-23-16(15)13(10-21-23)17(25)20-11-18(12-24)5-3-6-18/h4,9-10,24H,1-3,5-8,11-12H2,(H,20,25). The summed E-state index contributed by atoms with van der Waals surface area (Å²) in [7, 11) is 0. The van der Waals surface area contributed by atoms with Crippen LogP contribution in [0.3, 0.4) is 0 Å². The van der Waals surface area contributed by atoms with E-state index in [1.807, 2.05) is 4.90 Å². The summed E-state index contributed by atoms with van der Waals surface area (Å²) in [5, 5.41) is 16.5. The Morgan fingerprint density at radius 3 is 2.72 bits per heavy atom. The van der Waals surface area contributed by atoms with Crippen LogP contribution in [0.25, 0.3) is 5.52 Å². The van der Waals surface area contributed by atoms with E-state index in [0.717, 1.165) is 45.2 Å². The second-order valence-electron chi connectivity index (χ2n) is 7.25. The van der Waals surface area contributed by atoms with Crippen molar-refractivity contribution in [2.24, 2.45) is 5.41 Å². The zero-order valence-corrected chi connectivity index (χ0v) is 14.2. The summed E-state index contributed by atoms with van der Waals surface area (Å²) in [6.45, 7) is 2.15. The van der Waals surface area contributed by atoms with Gasteiger partial charge in [0.05, 0.1) is 24.1 Å². The molecule has 0 radical (unpaired) electrons. The van der Waals surface area contributed by atoms with Crippen LogP contribution in [0.5, 0.6) is 0 Å². The van der Waals surface area contributed by atoms with E-state index < -0.39 is 5.82 Å². The average molecular weight is 346 g/mol. The average Bonchev–Trinajstić information content (AvgIpc) is 3.24. The molecule has 0 bridgehead atoms. The Hall–Kier alpha value is -2.15. The molecule has 134 valence electrons. The zero-order chi connectivity index (χ0) is 17.4. The van der Waals surface area contributed by atoms with E-state index >= 15 is 4.39 Å². The molecule has 4 rings (SSSR count). The first-order valence-corrected chi connectivity index (χ1v) is 8.93. The Kier molecular flexibility index (Phi) is 4.11. The van der Waals surface area contributed by atoms with Crippen molar-refractivity contribution in [3.63, 3.8) is 0 Å². The van der Waals surface area contributed by atoms with Gasteiger partial charge in [-0.1, -0.05) is 6.42 Å². The molecule has 2 aliphatic rings. The Morgan fingerprint density at radius 1 is 1.32 bits per heavy atom. The number of aliphatic hydroxyl groups excluding tert-OH is 1. The van der Waals surface area contributed by atoms with Crippen molar-refractivity contribution < 1.29 is 14.3 Å². The van der Waals surface area contributed by atoms with Gasteiger partial charge in [-0.25, -0.2) is 8.91 Å². The molecule has 0 atom stereocenters. The normalized spacial score (nSPS) is 19.2. The number of halogens is 1. The van der Waals surface area contributed by atoms with Crippen LogP contribution in [-0.2, 0) is 0 Å². The van der Waals surface area contributed by atoms with Gasteiger partial charge < -0.3 is 15.3 Å². The van der Waals surface area contributed by atoms with Crippen LogP contribution in [0.2, 0.25) is 0 Å². The van der Waals surface area contributed by atoms with E-state index in [9.17, 15) is 9.90 Å². The minimum atomic E-state index is -0.396. The van der Waals surface area contributed by atoms with Crippen LogP contribution in [0, 0.1) is 11.2 Å². The van der Waals surface area contributed by atoms with Crippen molar-refractivity contribution in [3.8, 4) is 0 Å². The summed E-state index contributed by atoms with van der Waals surface area (Å²) in [6.07, 6.45) is 8.11. The third-order valence-electron chi connectivity index (χ3n) is 5.67. The second kappa shape index (κ2) is 6.29. The molecule has 3 heterocycles. The summed E-state index contributed by atoms with van der Waals surface area (Å²) in [5.41, 5.74) is 0.780. The molecule has 0 aromatic carbocycles. The van der Waals surface area contributed by atoms with Crippen molar-refractivity contribution in [1.29, 1.82) is 0 Å². The Balaban J connectivity index is 1.60. The van der Waals surface area contributed by atoms with Crippen molar-refractivity contribution in [2.75, 3.05) is 31.1 Å². The van der Waals surface area contributed by atoms with Crippen LogP contribution < -0.4 is 10.2 Å². The molecule has 0 spiro atoms. The molecule has 1 amide bonds. The van der Waals surface area contributed by atoms with Gasteiger partial charge in [0.1, 0.15) is 5.52 Å². The number of rotatable bonds is 5. The monoisotopic (exact) mass is 346 g/mol. The van der Waals surface area contributed by atoms with E-state index in [1.54, 1.807) is 12.3 Å². The van der Waals surface area contributed by atoms with Crippen LogP contribution in [0.4, 0.5) is 10.1 Å². The number of aliphatic hydroxyl groups is 1. The lowest BCUT2D eigenvalue weighted by atomic mass is 9.69. The molecule has 2 aromatic rings. The van der Waals surface area contributed by atoms with Crippen molar-refractivity contribution in [3.05, 3.63) is 29.8 Å². The molecule has 6 nitrogen and oxygen atoms in total. The lowest BCUT2D eigenvalue weighted by Crippen LogP contribution is -2.44. The minimum absolute atomic E-state index is 0.0650. The van der Waals surface area contributed by atoms with Gasteiger partial charge in [-0.05, 0) is 31.7 Å². The highest BCUT2D eigenvalue weighted by atomic mass is 19.1. The van der Waals surface area contributed by atoms with Crippen LogP contribution >= 0.6 is 0 Å². The molecule has 1 aliphatic carbocycles. The first-order valence-electron chi connectivity index (χ1n) is 8.93.